The van der Waals surface area contributed by atoms with Crippen LogP contribution in [0.2, 0.25) is 0 Å². The molecule has 0 fully saturated rings. The van der Waals surface area contributed by atoms with Crippen LogP contribution in [0.4, 0.5) is 20.2 Å². The monoisotopic (exact) mass is 419 g/mol. The van der Waals surface area contributed by atoms with E-state index in [4.69, 9.17) is 4.74 Å². The molecule has 0 atom stereocenters. The highest BCUT2D eigenvalue weighted by molar-refractivity contribution is 7.92. The van der Waals surface area contributed by atoms with Crippen LogP contribution in [-0.4, -0.2) is 26.4 Å². The second-order valence-electron chi connectivity index (χ2n) is 5.77. The fraction of sp³-hybridized carbons (Fsp3) is 0.0526. The molecule has 3 aromatic rings. The van der Waals surface area contributed by atoms with Crippen molar-refractivity contribution in [1.29, 1.82) is 0 Å². The molecular formula is C19H15F2N3O4S. The molecule has 2 aromatic carbocycles. The summed E-state index contributed by atoms with van der Waals surface area (Å²) in [4.78, 5) is 15.9. The number of halogens is 2. The van der Waals surface area contributed by atoms with E-state index in [9.17, 15) is 22.0 Å². The van der Waals surface area contributed by atoms with Gasteiger partial charge in [0.05, 0.1) is 12.0 Å². The van der Waals surface area contributed by atoms with Crippen molar-refractivity contribution in [3.05, 3.63) is 78.0 Å². The zero-order valence-corrected chi connectivity index (χ0v) is 15.8. The number of hydrogen-bond donors (Lipinski definition) is 2. The zero-order valence-electron chi connectivity index (χ0n) is 15.0. The molecule has 0 unspecified atom stereocenters. The van der Waals surface area contributed by atoms with Crippen LogP contribution in [0.1, 0.15) is 10.4 Å². The second kappa shape index (κ2) is 8.23. The van der Waals surface area contributed by atoms with Crippen LogP contribution >= 0.6 is 0 Å². The maximum absolute atomic E-state index is 13.3. The van der Waals surface area contributed by atoms with Crippen LogP contribution in [0, 0.1) is 11.6 Å². The highest BCUT2D eigenvalue weighted by Gasteiger charge is 2.17. The summed E-state index contributed by atoms with van der Waals surface area (Å²) in [5, 5.41) is 2.64. The van der Waals surface area contributed by atoms with Gasteiger partial charge in [-0.05, 0) is 54.6 Å². The van der Waals surface area contributed by atoms with Crippen LogP contribution < -0.4 is 14.8 Å². The number of carbonyl (C=O) groups is 1. The number of methoxy groups -OCH3 is 1. The van der Waals surface area contributed by atoms with Crippen molar-refractivity contribution in [2.24, 2.45) is 0 Å². The van der Waals surface area contributed by atoms with Gasteiger partial charge in [-0.1, -0.05) is 0 Å². The number of sulfonamides is 1. The number of anilines is 2. The molecule has 29 heavy (non-hydrogen) atoms. The molecule has 0 aliphatic carbocycles. The molecule has 0 aliphatic rings. The molecule has 2 N–H and O–H groups in total. The van der Waals surface area contributed by atoms with Gasteiger partial charge in [0.25, 0.3) is 15.9 Å². The molecule has 150 valence electrons. The third kappa shape index (κ3) is 4.66. The van der Waals surface area contributed by atoms with E-state index in [1.807, 2.05) is 0 Å². The predicted octanol–water partition coefficient (Wildman–Crippen LogP) is 3.42. The van der Waals surface area contributed by atoms with Gasteiger partial charge in [0.15, 0.2) is 11.6 Å². The summed E-state index contributed by atoms with van der Waals surface area (Å²) in [6.45, 7) is 0. The number of amides is 1. The van der Waals surface area contributed by atoms with Crippen LogP contribution in [0.3, 0.4) is 0 Å². The summed E-state index contributed by atoms with van der Waals surface area (Å²) in [5.41, 5.74) is 0.807. The smallest absolute Gasteiger partial charge is 0.261 e. The van der Waals surface area contributed by atoms with E-state index in [0.29, 0.717) is 11.8 Å². The number of pyridine rings is 1. The summed E-state index contributed by atoms with van der Waals surface area (Å²) in [6, 6.07) is 11.2. The number of hydrogen-bond acceptors (Lipinski definition) is 5. The number of benzene rings is 2. The Bertz CT molecular complexity index is 1150. The molecule has 3 rings (SSSR count). The Balaban J connectivity index is 1.73. The summed E-state index contributed by atoms with van der Waals surface area (Å²) < 4.78 is 58.2. The van der Waals surface area contributed by atoms with Crippen molar-refractivity contribution in [3.63, 3.8) is 0 Å². The van der Waals surface area contributed by atoms with Gasteiger partial charge in [-0.2, -0.15) is 0 Å². The largest absolute Gasteiger partial charge is 0.480 e. The average Bonchev–Trinajstić information content (AvgIpc) is 2.71. The molecule has 10 heteroatoms. The lowest BCUT2D eigenvalue weighted by Crippen LogP contribution is -2.15. The number of nitrogens with zero attached hydrogens (tertiary/aromatic N) is 1. The van der Waals surface area contributed by atoms with Crippen molar-refractivity contribution in [1.82, 2.24) is 4.98 Å². The quantitative estimate of drug-likeness (QED) is 0.638. The molecule has 1 heterocycles. The lowest BCUT2D eigenvalue weighted by Gasteiger charge is -2.11. The highest BCUT2D eigenvalue weighted by atomic mass is 32.2. The van der Waals surface area contributed by atoms with Gasteiger partial charge < -0.3 is 10.1 Å². The standard InChI is InChI=1S/C19H15F2N3O4S/c1-28-19-15(3-2-10-22-19)18(25)23-12-4-6-13(7-5-12)24-29(26,27)14-8-9-16(20)17(21)11-14/h2-11,24H,1H3,(H,23,25). The zero-order chi connectivity index (χ0) is 21.0. The van der Waals surface area contributed by atoms with Gasteiger partial charge >= 0.3 is 0 Å². The molecule has 1 aromatic heterocycles. The summed E-state index contributed by atoms with van der Waals surface area (Å²) in [7, 11) is -2.71. The molecule has 1 amide bonds. The maximum atomic E-state index is 13.3. The molecule has 7 nitrogen and oxygen atoms in total. The third-order valence-electron chi connectivity index (χ3n) is 3.81. The Kier molecular flexibility index (Phi) is 5.74. The van der Waals surface area contributed by atoms with Crippen molar-refractivity contribution in [2.45, 2.75) is 4.90 Å². The van der Waals surface area contributed by atoms with E-state index in [1.54, 1.807) is 12.1 Å². The van der Waals surface area contributed by atoms with Crippen molar-refractivity contribution >= 4 is 27.3 Å². The van der Waals surface area contributed by atoms with E-state index >= 15 is 0 Å². The second-order valence-corrected chi connectivity index (χ2v) is 7.46. The van der Waals surface area contributed by atoms with Gasteiger partial charge in [-0.15, -0.1) is 0 Å². The molecule has 0 radical (unpaired) electrons. The molecule has 0 aliphatic heterocycles. The Morgan fingerprint density at radius 1 is 1.00 bits per heavy atom. The van der Waals surface area contributed by atoms with Crippen LogP contribution in [0.5, 0.6) is 5.88 Å². The molecule has 0 bridgehead atoms. The highest BCUT2D eigenvalue weighted by Crippen LogP contribution is 2.21. The third-order valence-corrected chi connectivity index (χ3v) is 5.18. The number of aromatic nitrogens is 1. The van der Waals surface area contributed by atoms with E-state index in [0.717, 1.165) is 12.1 Å². The first kappa shape index (κ1) is 20.2. The minimum atomic E-state index is -4.11. The SMILES string of the molecule is COc1ncccc1C(=O)Nc1ccc(NS(=O)(=O)c2ccc(F)c(F)c2)cc1. The van der Waals surface area contributed by atoms with Crippen molar-refractivity contribution in [3.8, 4) is 5.88 Å². The number of carbonyl (C=O) groups excluding carboxylic acids is 1. The number of rotatable bonds is 6. The Morgan fingerprint density at radius 2 is 1.69 bits per heavy atom. The van der Waals surface area contributed by atoms with Gasteiger partial charge in [-0.3, -0.25) is 9.52 Å². The van der Waals surface area contributed by atoms with Crippen molar-refractivity contribution < 1.29 is 26.7 Å². The van der Waals surface area contributed by atoms with Crippen LogP contribution in [0.15, 0.2) is 65.7 Å². The van der Waals surface area contributed by atoms with Crippen LogP contribution in [0.25, 0.3) is 0 Å². The lowest BCUT2D eigenvalue weighted by atomic mass is 10.2. The summed E-state index contributed by atoms with van der Waals surface area (Å²) >= 11 is 0. The maximum Gasteiger partial charge on any atom is 0.261 e. The van der Waals surface area contributed by atoms with E-state index in [-0.39, 0.29) is 17.1 Å². The van der Waals surface area contributed by atoms with E-state index < -0.39 is 32.5 Å². The van der Waals surface area contributed by atoms with E-state index in [2.05, 4.69) is 15.0 Å². The molecule has 0 spiro atoms. The van der Waals surface area contributed by atoms with Gasteiger partial charge in [0.2, 0.25) is 5.88 Å². The first-order valence-electron chi connectivity index (χ1n) is 8.18. The molecule has 0 saturated carbocycles. The first-order valence-corrected chi connectivity index (χ1v) is 9.67. The van der Waals surface area contributed by atoms with Crippen LogP contribution in [-0.2, 0) is 10.0 Å². The van der Waals surface area contributed by atoms with E-state index in [1.165, 1.54) is 37.6 Å². The van der Waals surface area contributed by atoms with Crippen molar-refractivity contribution in [2.75, 3.05) is 17.1 Å². The number of ether oxygens (including phenoxy) is 1. The topological polar surface area (TPSA) is 97.4 Å². The van der Waals surface area contributed by atoms with Gasteiger partial charge in [0, 0.05) is 17.6 Å². The Hall–Kier alpha value is -3.53. The lowest BCUT2D eigenvalue weighted by molar-refractivity contribution is 0.102. The van der Waals surface area contributed by atoms with Gasteiger partial charge in [-0.25, -0.2) is 22.2 Å². The molecule has 0 saturated heterocycles. The summed E-state index contributed by atoms with van der Waals surface area (Å²) in [5.74, 6) is -2.70. The Labute approximate surface area is 165 Å². The van der Waals surface area contributed by atoms with Gasteiger partial charge in [0.1, 0.15) is 5.56 Å². The average molecular weight is 419 g/mol. The fourth-order valence-corrected chi connectivity index (χ4v) is 3.47. The Morgan fingerprint density at radius 3 is 2.34 bits per heavy atom. The normalized spacial score (nSPS) is 11.0. The minimum absolute atomic E-state index is 0.168. The predicted molar refractivity (Wildman–Crippen MR) is 102 cm³/mol. The minimum Gasteiger partial charge on any atom is -0.480 e. The summed E-state index contributed by atoms with van der Waals surface area (Å²) in [6.07, 6.45) is 1.49. The number of nitrogens with one attached hydrogen (secondary N) is 2. The molecular weight excluding hydrogens is 404 g/mol. The fourth-order valence-electron chi connectivity index (χ4n) is 2.40. The first-order chi connectivity index (χ1) is 13.8.